The van der Waals surface area contributed by atoms with Gasteiger partial charge in [0.2, 0.25) is 0 Å². The third kappa shape index (κ3) is 6.71. The van der Waals surface area contributed by atoms with Crippen molar-refractivity contribution in [2.75, 3.05) is 19.7 Å². The number of hydrogen-bond donors (Lipinski definition) is 0. The predicted octanol–water partition coefficient (Wildman–Crippen LogP) is 4.58. The van der Waals surface area contributed by atoms with Crippen molar-refractivity contribution >= 4 is 5.97 Å². The van der Waals surface area contributed by atoms with Gasteiger partial charge in [-0.05, 0) is 42.7 Å². The molecule has 0 fully saturated rings. The summed E-state index contributed by atoms with van der Waals surface area (Å²) in [4.78, 5) is 13.9. The van der Waals surface area contributed by atoms with Crippen LogP contribution in [0.25, 0.3) is 0 Å². The van der Waals surface area contributed by atoms with E-state index in [0.29, 0.717) is 25.6 Å². The van der Waals surface area contributed by atoms with E-state index in [4.69, 9.17) is 4.74 Å². The Balaban J connectivity index is 2.09. The largest absolute Gasteiger partial charge is 0.465 e. The number of carbonyl (C=O) groups is 1. The molecule has 1 aromatic carbocycles. The highest BCUT2D eigenvalue weighted by Gasteiger charge is 2.29. The van der Waals surface area contributed by atoms with Gasteiger partial charge in [-0.2, -0.15) is 13.2 Å². The van der Waals surface area contributed by atoms with E-state index in [1.165, 1.54) is 12.1 Å². The number of alkyl halides is 3. The first-order chi connectivity index (χ1) is 13.2. The lowest BCUT2D eigenvalue weighted by Gasteiger charge is -2.24. The number of aromatic nitrogens is 1. The molecule has 0 amide bonds. The maximum absolute atomic E-state index is 12.7. The van der Waals surface area contributed by atoms with Gasteiger partial charge in [-0.1, -0.05) is 26.0 Å². The highest BCUT2D eigenvalue weighted by Crippen LogP contribution is 2.29. The van der Waals surface area contributed by atoms with Crippen molar-refractivity contribution in [2.24, 2.45) is 5.92 Å². The number of carbonyl (C=O) groups excluding carboxylic acids is 1. The SMILES string of the molecule is CCOC(=O)CN(Cc1cccn1Cc1ccc(C(F)(F)F)cc1)CC(C)C. The number of esters is 1. The molecule has 0 aliphatic rings. The predicted molar refractivity (Wildman–Crippen MR) is 102 cm³/mol. The molecular formula is C21H27F3N2O2. The van der Waals surface area contributed by atoms with Gasteiger partial charge in [-0.15, -0.1) is 0 Å². The Morgan fingerprint density at radius 1 is 1.18 bits per heavy atom. The van der Waals surface area contributed by atoms with Crippen molar-refractivity contribution in [1.29, 1.82) is 0 Å². The molecule has 4 nitrogen and oxygen atoms in total. The van der Waals surface area contributed by atoms with E-state index in [-0.39, 0.29) is 12.5 Å². The van der Waals surface area contributed by atoms with Gasteiger partial charge in [0.25, 0.3) is 0 Å². The van der Waals surface area contributed by atoms with Crippen molar-refractivity contribution in [3.05, 3.63) is 59.4 Å². The van der Waals surface area contributed by atoms with Crippen molar-refractivity contribution < 1.29 is 22.7 Å². The summed E-state index contributed by atoms with van der Waals surface area (Å²) >= 11 is 0. The van der Waals surface area contributed by atoms with Crippen molar-refractivity contribution in [3.8, 4) is 0 Å². The zero-order valence-electron chi connectivity index (χ0n) is 16.5. The Hall–Kier alpha value is -2.28. The summed E-state index contributed by atoms with van der Waals surface area (Å²) in [5.74, 6) is 0.122. The lowest BCUT2D eigenvalue weighted by Crippen LogP contribution is -2.34. The smallest absolute Gasteiger partial charge is 0.416 e. The third-order valence-electron chi connectivity index (χ3n) is 4.22. The lowest BCUT2D eigenvalue weighted by molar-refractivity contribution is -0.144. The van der Waals surface area contributed by atoms with Crippen molar-refractivity contribution in [3.63, 3.8) is 0 Å². The van der Waals surface area contributed by atoms with Gasteiger partial charge < -0.3 is 9.30 Å². The summed E-state index contributed by atoms with van der Waals surface area (Å²) in [5.41, 5.74) is 1.12. The van der Waals surface area contributed by atoms with Gasteiger partial charge in [0.1, 0.15) is 0 Å². The van der Waals surface area contributed by atoms with Gasteiger partial charge in [0, 0.05) is 31.5 Å². The molecule has 0 aliphatic carbocycles. The van der Waals surface area contributed by atoms with Crippen LogP contribution in [-0.2, 0) is 28.8 Å². The van der Waals surface area contributed by atoms with E-state index >= 15 is 0 Å². The molecule has 0 radical (unpaired) electrons. The average Bonchev–Trinajstić information content (AvgIpc) is 3.01. The minimum Gasteiger partial charge on any atom is -0.465 e. The number of rotatable bonds is 9. The second-order valence-corrected chi connectivity index (χ2v) is 7.19. The summed E-state index contributed by atoms with van der Waals surface area (Å²) in [6.45, 7) is 8.26. The number of nitrogens with zero attached hydrogens (tertiary/aromatic N) is 2. The number of hydrogen-bond acceptors (Lipinski definition) is 3. The molecule has 28 heavy (non-hydrogen) atoms. The van der Waals surface area contributed by atoms with Gasteiger partial charge in [-0.3, -0.25) is 9.69 Å². The molecule has 2 rings (SSSR count). The van der Waals surface area contributed by atoms with E-state index in [1.54, 1.807) is 6.92 Å². The molecule has 0 aliphatic heterocycles. The Morgan fingerprint density at radius 2 is 1.86 bits per heavy atom. The van der Waals surface area contributed by atoms with Crippen LogP contribution in [0, 0.1) is 5.92 Å². The normalized spacial score (nSPS) is 12.0. The topological polar surface area (TPSA) is 34.5 Å². The fraction of sp³-hybridized carbons (Fsp3) is 0.476. The van der Waals surface area contributed by atoms with Crippen LogP contribution in [0.4, 0.5) is 13.2 Å². The average molecular weight is 396 g/mol. The fourth-order valence-electron chi connectivity index (χ4n) is 3.06. The molecule has 0 bridgehead atoms. The lowest BCUT2D eigenvalue weighted by atomic mass is 10.1. The van der Waals surface area contributed by atoms with Crippen LogP contribution in [0.15, 0.2) is 42.6 Å². The van der Waals surface area contributed by atoms with E-state index in [2.05, 4.69) is 13.8 Å². The molecule has 0 unspecified atom stereocenters. The minimum atomic E-state index is -4.33. The molecule has 1 heterocycles. The summed E-state index contributed by atoms with van der Waals surface area (Å²) in [6.07, 6.45) is -2.44. The molecule has 0 saturated carbocycles. The molecule has 0 N–H and O–H groups in total. The van der Waals surface area contributed by atoms with E-state index in [9.17, 15) is 18.0 Å². The van der Waals surface area contributed by atoms with E-state index in [0.717, 1.165) is 29.9 Å². The van der Waals surface area contributed by atoms with Crippen LogP contribution >= 0.6 is 0 Å². The first-order valence-corrected chi connectivity index (χ1v) is 9.37. The van der Waals surface area contributed by atoms with Crippen LogP contribution in [0.2, 0.25) is 0 Å². The summed E-state index contributed by atoms with van der Waals surface area (Å²) < 4.78 is 45.2. The Labute approximate surface area is 163 Å². The molecule has 0 atom stereocenters. The van der Waals surface area contributed by atoms with E-state index in [1.807, 2.05) is 27.8 Å². The summed E-state index contributed by atoms with van der Waals surface area (Å²) in [6, 6.07) is 9.06. The molecule has 0 spiro atoms. The highest BCUT2D eigenvalue weighted by molar-refractivity contribution is 5.71. The van der Waals surface area contributed by atoms with Crippen LogP contribution in [0.1, 0.15) is 37.6 Å². The van der Waals surface area contributed by atoms with Crippen molar-refractivity contribution in [1.82, 2.24) is 9.47 Å². The molecule has 154 valence electrons. The number of halogens is 3. The second kappa shape index (κ2) is 9.78. The highest BCUT2D eigenvalue weighted by atomic mass is 19.4. The first-order valence-electron chi connectivity index (χ1n) is 9.37. The monoisotopic (exact) mass is 396 g/mol. The summed E-state index contributed by atoms with van der Waals surface area (Å²) in [7, 11) is 0. The van der Waals surface area contributed by atoms with Crippen LogP contribution in [0.3, 0.4) is 0 Å². The molecule has 0 saturated heterocycles. The van der Waals surface area contributed by atoms with Gasteiger partial charge in [0.05, 0.1) is 18.7 Å². The molecule has 2 aromatic rings. The molecule has 7 heteroatoms. The number of benzene rings is 1. The maximum Gasteiger partial charge on any atom is 0.416 e. The fourth-order valence-corrected chi connectivity index (χ4v) is 3.06. The number of ether oxygens (including phenoxy) is 1. The quantitative estimate of drug-likeness (QED) is 0.582. The first kappa shape index (κ1) is 22.0. The second-order valence-electron chi connectivity index (χ2n) is 7.19. The van der Waals surface area contributed by atoms with Gasteiger partial charge >= 0.3 is 12.1 Å². The standard InChI is InChI=1S/C21H27F3N2O2/c1-4-28-20(27)15-25(12-16(2)3)14-19-6-5-11-26(19)13-17-7-9-18(10-8-17)21(22,23)24/h5-11,16H,4,12-15H2,1-3H3. The van der Waals surface area contributed by atoms with Crippen LogP contribution < -0.4 is 0 Å². The Kier molecular flexibility index (Phi) is 7.69. The third-order valence-corrected chi connectivity index (χ3v) is 4.22. The Morgan fingerprint density at radius 3 is 2.43 bits per heavy atom. The zero-order valence-corrected chi connectivity index (χ0v) is 16.5. The molecular weight excluding hydrogens is 369 g/mol. The molecule has 1 aromatic heterocycles. The van der Waals surface area contributed by atoms with Crippen LogP contribution in [0.5, 0.6) is 0 Å². The minimum absolute atomic E-state index is 0.206. The van der Waals surface area contributed by atoms with Gasteiger partial charge in [0.15, 0.2) is 0 Å². The van der Waals surface area contributed by atoms with Crippen LogP contribution in [-0.4, -0.2) is 35.1 Å². The maximum atomic E-state index is 12.7. The van der Waals surface area contributed by atoms with Crippen molar-refractivity contribution in [2.45, 2.75) is 40.0 Å². The van der Waals surface area contributed by atoms with E-state index < -0.39 is 11.7 Å². The van der Waals surface area contributed by atoms with Gasteiger partial charge in [-0.25, -0.2) is 0 Å². The summed E-state index contributed by atoms with van der Waals surface area (Å²) in [5, 5.41) is 0. The Bertz CT molecular complexity index is 752. The zero-order chi connectivity index (χ0) is 20.7.